The van der Waals surface area contributed by atoms with E-state index in [4.69, 9.17) is 28.8 Å². The molecular formula is C24H19NO7. The normalized spacial score (nSPS) is 15.5. The topological polar surface area (TPSA) is 114 Å². The van der Waals surface area contributed by atoms with E-state index >= 15 is 0 Å². The van der Waals surface area contributed by atoms with Crippen molar-refractivity contribution >= 4 is 27.9 Å². The molecule has 0 radical (unpaired) electrons. The molecule has 2 aromatic heterocycles. The van der Waals surface area contributed by atoms with Crippen molar-refractivity contribution < 1.29 is 27.8 Å². The van der Waals surface area contributed by atoms with Crippen LogP contribution in [0.5, 0.6) is 11.5 Å². The fourth-order valence-electron chi connectivity index (χ4n) is 4.16. The first-order valence-corrected chi connectivity index (χ1v) is 9.99. The van der Waals surface area contributed by atoms with E-state index in [9.17, 15) is 9.59 Å². The van der Waals surface area contributed by atoms with Crippen LogP contribution in [-0.4, -0.2) is 19.7 Å². The molecule has 0 saturated heterocycles. The molecule has 0 aliphatic carbocycles. The van der Waals surface area contributed by atoms with Crippen LogP contribution in [0.25, 0.3) is 21.9 Å². The van der Waals surface area contributed by atoms with Crippen molar-refractivity contribution in [2.45, 2.75) is 12.8 Å². The summed E-state index contributed by atoms with van der Waals surface area (Å²) in [6.45, 7) is 1.83. The molecule has 0 saturated carbocycles. The van der Waals surface area contributed by atoms with Gasteiger partial charge in [-0.05, 0) is 18.6 Å². The summed E-state index contributed by atoms with van der Waals surface area (Å²) in [5.41, 5.74) is 7.13. The van der Waals surface area contributed by atoms with Crippen molar-refractivity contribution in [3.8, 4) is 11.5 Å². The minimum atomic E-state index is -0.843. The van der Waals surface area contributed by atoms with Crippen LogP contribution in [0.1, 0.15) is 24.0 Å². The van der Waals surface area contributed by atoms with Gasteiger partial charge >= 0.3 is 11.6 Å². The second kappa shape index (κ2) is 7.49. The number of carbonyl (C=O) groups excluding carboxylic acids is 1. The second-order valence-corrected chi connectivity index (χ2v) is 7.19. The maximum absolute atomic E-state index is 13.2. The fraction of sp³-hybridized carbons (Fsp3) is 0.167. The summed E-state index contributed by atoms with van der Waals surface area (Å²) in [7, 11) is 1.50. The van der Waals surface area contributed by atoms with Crippen molar-refractivity contribution in [1.29, 1.82) is 0 Å². The number of benzene rings is 2. The highest BCUT2D eigenvalue weighted by atomic mass is 16.5. The van der Waals surface area contributed by atoms with E-state index in [0.717, 1.165) is 0 Å². The summed E-state index contributed by atoms with van der Waals surface area (Å²) in [6.07, 6.45) is 1.51. The van der Waals surface area contributed by atoms with Gasteiger partial charge in [-0.1, -0.05) is 30.3 Å². The minimum Gasteiger partial charge on any atom is -0.495 e. The molecule has 8 heteroatoms. The number of hydrogen-bond acceptors (Lipinski definition) is 8. The van der Waals surface area contributed by atoms with Crippen molar-refractivity contribution in [3.05, 3.63) is 81.7 Å². The first kappa shape index (κ1) is 19.7. The van der Waals surface area contributed by atoms with Crippen LogP contribution in [0.2, 0.25) is 0 Å². The number of fused-ring (bicyclic) bond motifs is 4. The van der Waals surface area contributed by atoms with E-state index in [1.54, 1.807) is 31.2 Å². The molecule has 5 rings (SSSR count). The molecule has 0 amide bonds. The number of furan rings is 1. The summed E-state index contributed by atoms with van der Waals surface area (Å²) in [6, 6.07) is 12.4. The van der Waals surface area contributed by atoms with Crippen molar-refractivity contribution in [2.75, 3.05) is 13.7 Å². The number of carbonyl (C=O) groups is 1. The minimum absolute atomic E-state index is 0.0422. The number of methoxy groups -OCH3 is 1. The average Bonchev–Trinajstić information content (AvgIpc) is 3.25. The van der Waals surface area contributed by atoms with Crippen molar-refractivity contribution in [1.82, 2.24) is 0 Å². The van der Waals surface area contributed by atoms with Crippen molar-refractivity contribution in [3.63, 3.8) is 0 Å². The number of hydrogen-bond donors (Lipinski definition) is 1. The summed E-state index contributed by atoms with van der Waals surface area (Å²) < 4.78 is 27.9. The fourth-order valence-corrected chi connectivity index (χ4v) is 4.16. The van der Waals surface area contributed by atoms with E-state index in [0.29, 0.717) is 27.7 Å². The number of esters is 1. The van der Waals surface area contributed by atoms with Gasteiger partial charge in [0.05, 0.1) is 36.8 Å². The molecule has 32 heavy (non-hydrogen) atoms. The summed E-state index contributed by atoms with van der Waals surface area (Å²) >= 11 is 0. The van der Waals surface area contributed by atoms with Gasteiger partial charge in [0, 0.05) is 6.07 Å². The van der Waals surface area contributed by atoms with E-state index in [-0.39, 0.29) is 35.0 Å². The molecular weight excluding hydrogens is 414 g/mol. The summed E-state index contributed by atoms with van der Waals surface area (Å²) in [4.78, 5) is 26.1. The second-order valence-electron chi connectivity index (χ2n) is 7.19. The third kappa shape index (κ3) is 2.84. The molecule has 1 unspecified atom stereocenters. The Bertz CT molecular complexity index is 1450. The summed E-state index contributed by atoms with van der Waals surface area (Å²) in [5, 5.41) is 1.09. The Balaban J connectivity index is 1.89. The van der Waals surface area contributed by atoms with Crippen LogP contribution in [0.4, 0.5) is 0 Å². The largest absolute Gasteiger partial charge is 0.495 e. The predicted molar refractivity (Wildman–Crippen MR) is 116 cm³/mol. The van der Waals surface area contributed by atoms with Gasteiger partial charge in [-0.3, -0.25) is 0 Å². The standard InChI is InChI=1S/C24H19NO7/c1-3-29-23(26)19-16(12-7-5-4-6-8-12)18-21(32-22(19)25)17-15(31-24(18)27)11-14-13(9-10-30-14)20(17)28-2/h4-11,16H,3,25H2,1-2H3. The smallest absolute Gasteiger partial charge is 0.344 e. The van der Waals surface area contributed by atoms with Crippen LogP contribution in [0.3, 0.4) is 0 Å². The lowest BCUT2D eigenvalue weighted by Gasteiger charge is -2.28. The van der Waals surface area contributed by atoms with Crippen LogP contribution < -0.4 is 20.8 Å². The zero-order valence-electron chi connectivity index (χ0n) is 17.3. The highest BCUT2D eigenvalue weighted by Gasteiger charge is 2.40. The number of nitrogens with two attached hydrogens (primary N) is 1. The van der Waals surface area contributed by atoms with Gasteiger partial charge in [-0.2, -0.15) is 0 Å². The lowest BCUT2D eigenvalue weighted by molar-refractivity contribution is -0.139. The zero-order valence-corrected chi connectivity index (χ0v) is 17.3. The van der Waals surface area contributed by atoms with E-state index < -0.39 is 17.5 Å². The lowest BCUT2D eigenvalue weighted by Crippen LogP contribution is -2.31. The molecule has 0 spiro atoms. The maximum atomic E-state index is 13.2. The van der Waals surface area contributed by atoms with Crippen molar-refractivity contribution in [2.24, 2.45) is 5.73 Å². The van der Waals surface area contributed by atoms with Gasteiger partial charge in [0.25, 0.3) is 0 Å². The third-order valence-corrected chi connectivity index (χ3v) is 5.46. The van der Waals surface area contributed by atoms with Gasteiger partial charge in [0.1, 0.15) is 27.9 Å². The monoisotopic (exact) mass is 433 g/mol. The van der Waals surface area contributed by atoms with Crippen LogP contribution >= 0.6 is 0 Å². The molecule has 1 atom stereocenters. The van der Waals surface area contributed by atoms with E-state index in [1.165, 1.54) is 13.4 Å². The third-order valence-electron chi connectivity index (χ3n) is 5.46. The molecule has 4 aromatic rings. The molecule has 162 valence electrons. The summed E-state index contributed by atoms with van der Waals surface area (Å²) in [5.74, 6) is -1.07. The molecule has 3 heterocycles. The SMILES string of the molecule is CCOC(=O)C1=C(N)Oc2c(c(=O)oc3cc4occc4c(OC)c23)C1c1ccccc1. The van der Waals surface area contributed by atoms with Crippen LogP contribution in [0.15, 0.2) is 73.8 Å². The van der Waals surface area contributed by atoms with Crippen LogP contribution in [-0.2, 0) is 9.53 Å². The lowest BCUT2D eigenvalue weighted by atomic mass is 9.83. The Hall–Kier alpha value is -4.20. The first-order chi connectivity index (χ1) is 15.5. The zero-order chi connectivity index (χ0) is 22.4. The average molecular weight is 433 g/mol. The molecule has 8 nitrogen and oxygen atoms in total. The van der Waals surface area contributed by atoms with Crippen LogP contribution in [0, 0.1) is 0 Å². The molecule has 0 fully saturated rings. The van der Waals surface area contributed by atoms with E-state index in [2.05, 4.69) is 0 Å². The first-order valence-electron chi connectivity index (χ1n) is 9.99. The number of rotatable bonds is 4. The number of ether oxygens (including phenoxy) is 3. The predicted octanol–water partition coefficient (Wildman–Crippen LogP) is 3.81. The highest BCUT2D eigenvalue weighted by Crippen LogP contribution is 2.48. The molecule has 0 bridgehead atoms. The highest BCUT2D eigenvalue weighted by molar-refractivity contribution is 6.05. The van der Waals surface area contributed by atoms with Gasteiger partial charge in [-0.15, -0.1) is 0 Å². The van der Waals surface area contributed by atoms with Gasteiger partial charge in [-0.25, -0.2) is 9.59 Å². The van der Waals surface area contributed by atoms with Gasteiger partial charge in [0.15, 0.2) is 5.75 Å². The molecule has 1 aliphatic heterocycles. The quantitative estimate of drug-likeness (QED) is 0.382. The Morgan fingerprint density at radius 3 is 2.66 bits per heavy atom. The maximum Gasteiger partial charge on any atom is 0.344 e. The Kier molecular flexibility index (Phi) is 4.62. The Morgan fingerprint density at radius 1 is 1.16 bits per heavy atom. The molecule has 2 aromatic carbocycles. The molecule has 1 aliphatic rings. The molecule has 2 N–H and O–H groups in total. The van der Waals surface area contributed by atoms with Gasteiger partial charge < -0.3 is 28.8 Å². The Labute approximate surface area is 181 Å². The van der Waals surface area contributed by atoms with E-state index in [1.807, 2.05) is 18.2 Å². The van der Waals surface area contributed by atoms with Gasteiger partial charge in [0.2, 0.25) is 5.88 Å². The Morgan fingerprint density at radius 2 is 1.94 bits per heavy atom.